The van der Waals surface area contributed by atoms with Crippen molar-refractivity contribution >= 4 is 37.5 Å². The molecule has 1 aliphatic heterocycles. The number of nitrogens with one attached hydrogen (secondary N) is 1. The van der Waals surface area contributed by atoms with Gasteiger partial charge in [0.15, 0.2) is 0 Å². The van der Waals surface area contributed by atoms with Gasteiger partial charge in [0.25, 0.3) is 0 Å². The molecule has 0 bridgehead atoms. The molecule has 1 amide bonds. The Morgan fingerprint density at radius 2 is 1.71 bits per heavy atom. The average Bonchev–Trinajstić information content (AvgIpc) is 2.62. The van der Waals surface area contributed by atoms with E-state index in [1.807, 2.05) is 57.2 Å². The largest absolute Gasteiger partial charge is 0.326 e. The van der Waals surface area contributed by atoms with E-state index in [2.05, 4.69) is 21.2 Å². The SMILES string of the molecule is Cc1cc(C)c(S(=O)(=O)N2CCCC(C(=O)Nc3ccc(Br)cc3)C2)c(C)c1. The summed E-state index contributed by atoms with van der Waals surface area (Å²) in [7, 11) is -3.64. The molecule has 150 valence electrons. The Balaban J connectivity index is 1.79. The summed E-state index contributed by atoms with van der Waals surface area (Å²) in [6.45, 7) is 6.26. The lowest BCUT2D eigenvalue weighted by atomic mass is 9.99. The van der Waals surface area contributed by atoms with Crippen molar-refractivity contribution in [3.63, 3.8) is 0 Å². The Morgan fingerprint density at radius 3 is 2.32 bits per heavy atom. The van der Waals surface area contributed by atoms with Crippen LogP contribution in [0.2, 0.25) is 0 Å². The highest BCUT2D eigenvalue weighted by Gasteiger charge is 2.34. The van der Waals surface area contributed by atoms with Crippen LogP contribution in [0.5, 0.6) is 0 Å². The Morgan fingerprint density at radius 1 is 1.11 bits per heavy atom. The molecule has 1 saturated heterocycles. The van der Waals surface area contributed by atoms with E-state index in [1.165, 1.54) is 4.31 Å². The zero-order valence-electron chi connectivity index (χ0n) is 16.3. The van der Waals surface area contributed by atoms with Gasteiger partial charge in [-0.15, -0.1) is 0 Å². The molecular weight excluding hydrogens is 440 g/mol. The summed E-state index contributed by atoms with van der Waals surface area (Å²) in [5, 5.41) is 2.90. The molecule has 0 spiro atoms. The topological polar surface area (TPSA) is 66.5 Å². The molecule has 0 aromatic heterocycles. The van der Waals surface area contributed by atoms with Gasteiger partial charge in [-0.3, -0.25) is 4.79 Å². The number of halogens is 1. The van der Waals surface area contributed by atoms with Crippen molar-refractivity contribution in [1.82, 2.24) is 4.31 Å². The number of anilines is 1. The Kier molecular flexibility index (Phi) is 6.27. The number of hydrogen-bond donors (Lipinski definition) is 1. The fraction of sp³-hybridized carbons (Fsp3) is 0.381. The molecule has 7 heteroatoms. The molecule has 1 aliphatic rings. The number of amides is 1. The molecule has 0 saturated carbocycles. The van der Waals surface area contributed by atoms with Crippen LogP contribution in [0.3, 0.4) is 0 Å². The molecule has 2 aromatic carbocycles. The van der Waals surface area contributed by atoms with Crippen molar-refractivity contribution in [1.29, 1.82) is 0 Å². The number of sulfonamides is 1. The minimum atomic E-state index is -3.64. The van der Waals surface area contributed by atoms with Crippen molar-refractivity contribution in [3.05, 3.63) is 57.6 Å². The van der Waals surface area contributed by atoms with Crippen molar-refractivity contribution < 1.29 is 13.2 Å². The average molecular weight is 465 g/mol. The van der Waals surface area contributed by atoms with E-state index in [0.717, 1.165) is 21.2 Å². The lowest BCUT2D eigenvalue weighted by Gasteiger charge is -2.32. The number of nitrogens with zero attached hydrogens (tertiary/aromatic N) is 1. The van der Waals surface area contributed by atoms with E-state index < -0.39 is 10.0 Å². The van der Waals surface area contributed by atoms with Gasteiger partial charge in [-0.25, -0.2) is 8.42 Å². The first-order valence-electron chi connectivity index (χ1n) is 9.33. The lowest BCUT2D eigenvalue weighted by molar-refractivity contribution is -0.120. The molecule has 0 aliphatic carbocycles. The third kappa shape index (κ3) is 4.47. The summed E-state index contributed by atoms with van der Waals surface area (Å²) >= 11 is 3.37. The van der Waals surface area contributed by atoms with E-state index in [9.17, 15) is 13.2 Å². The van der Waals surface area contributed by atoms with Crippen molar-refractivity contribution in [2.75, 3.05) is 18.4 Å². The lowest BCUT2D eigenvalue weighted by Crippen LogP contribution is -2.44. The minimum Gasteiger partial charge on any atom is -0.326 e. The van der Waals surface area contributed by atoms with Gasteiger partial charge in [0, 0.05) is 23.2 Å². The van der Waals surface area contributed by atoms with Gasteiger partial charge in [-0.05, 0) is 69.0 Å². The van der Waals surface area contributed by atoms with Crippen LogP contribution in [-0.4, -0.2) is 31.7 Å². The summed E-state index contributed by atoms with van der Waals surface area (Å²) in [4.78, 5) is 13.1. The maximum absolute atomic E-state index is 13.3. The molecule has 1 fully saturated rings. The van der Waals surface area contributed by atoms with Gasteiger partial charge in [0.1, 0.15) is 0 Å². The summed E-state index contributed by atoms with van der Waals surface area (Å²) in [6.07, 6.45) is 1.35. The standard InChI is InChI=1S/C21H25BrN2O3S/c1-14-11-15(2)20(16(3)12-14)28(26,27)24-10-4-5-17(13-24)21(25)23-19-8-6-18(22)7-9-19/h6-9,11-12,17H,4-5,10,13H2,1-3H3,(H,23,25). The van der Waals surface area contributed by atoms with E-state index >= 15 is 0 Å². The summed E-state index contributed by atoms with van der Waals surface area (Å²) < 4.78 is 29.0. The van der Waals surface area contributed by atoms with Crippen LogP contribution in [0, 0.1) is 26.7 Å². The predicted molar refractivity (Wildman–Crippen MR) is 115 cm³/mol. The molecule has 1 unspecified atom stereocenters. The van der Waals surface area contributed by atoms with Crippen LogP contribution in [0.1, 0.15) is 29.5 Å². The highest BCUT2D eigenvalue weighted by atomic mass is 79.9. The monoisotopic (exact) mass is 464 g/mol. The molecule has 1 heterocycles. The van der Waals surface area contributed by atoms with Gasteiger partial charge < -0.3 is 5.32 Å². The van der Waals surface area contributed by atoms with E-state index in [0.29, 0.717) is 30.0 Å². The number of benzene rings is 2. The normalized spacial score (nSPS) is 18.1. The van der Waals surface area contributed by atoms with Gasteiger partial charge in [-0.2, -0.15) is 4.31 Å². The summed E-state index contributed by atoms with van der Waals surface area (Å²) in [5.41, 5.74) is 3.25. The first-order chi connectivity index (χ1) is 13.2. The van der Waals surface area contributed by atoms with E-state index in [-0.39, 0.29) is 18.4 Å². The Hall–Kier alpha value is -1.70. The molecule has 1 atom stereocenters. The second-order valence-electron chi connectivity index (χ2n) is 7.43. The summed E-state index contributed by atoms with van der Waals surface area (Å²) in [6, 6.07) is 11.1. The second-order valence-corrected chi connectivity index (χ2v) is 10.2. The fourth-order valence-corrected chi connectivity index (χ4v) is 6.05. The van der Waals surface area contributed by atoms with Crippen molar-refractivity contribution in [2.45, 2.75) is 38.5 Å². The molecule has 3 rings (SSSR count). The molecule has 28 heavy (non-hydrogen) atoms. The van der Waals surface area contributed by atoms with Gasteiger partial charge in [0.2, 0.25) is 15.9 Å². The third-order valence-electron chi connectivity index (χ3n) is 5.07. The van der Waals surface area contributed by atoms with E-state index in [1.54, 1.807) is 0 Å². The second kappa shape index (κ2) is 8.35. The first-order valence-corrected chi connectivity index (χ1v) is 11.6. The number of hydrogen-bond acceptors (Lipinski definition) is 3. The molecule has 2 aromatic rings. The summed E-state index contributed by atoms with van der Waals surface area (Å²) in [5.74, 6) is -0.502. The van der Waals surface area contributed by atoms with Crippen LogP contribution in [0.15, 0.2) is 45.8 Å². The highest BCUT2D eigenvalue weighted by Crippen LogP contribution is 2.29. The third-order valence-corrected chi connectivity index (χ3v) is 7.77. The number of piperidine rings is 1. The smallest absolute Gasteiger partial charge is 0.243 e. The zero-order valence-corrected chi connectivity index (χ0v) is 18.7. The predicted octanol–water partition coefficient (Wildman–Crippen LogP) is 4.41. The zero-order chi connectivity index (χ0) is 20.5. The van der Waals surface area contributed by atoms with Crippen molar-refractivity contribution in [2.24, 2.45) is 5.92 Å². The molecule has 1 N–H and O–H groups in total. The van der Waals surface area contributed by atoms with Gasteiger partial charge in [-0.1, -0.05) is 33.6 Å². The number of carbonyl (C=O) groups is 1. The van der Waals surface area contributed by atoms with Crippen LogP contribution >= 0.6 is 15.9 Å². The van der Waals surface area contributed by atoms with E-state index in [4.69, 9.17) is 0 Å². The number of carbonyl (C=O) groups excluding carboxylic acids is 1. The first kappa shape index (κ1) is 21.0. The Bertz CT molecular complexity index is 964. The van der Waals surface area contributed by atoms with Crippen molar-refractivity contribution in [3.8, 4) is 0 Å². The maximum Gasteiger partial charge on any atom is 0.243 e. The molecular formula is C21H25BrN2O3S. The Labute approximate surface area is 175 Å². The molecule has 0 radical (unpaired) electrons. The number of rotatable bonds is 4. The van der Waals surface area contributed by atoms with Crippen LogP contribution in [-0.2, 0) is 14.8 Å². The number of aryl methyl sites for hydroxylation is 3. The van der Waals surface area contributed by atoms with Crippen LogP contribution in [0.4, 0.5) is 5.69 Å². The van der Waals surface area contributed by atoms with Crippen LogP contribution in [0.25, 0.3) is 0 Å². The minimum absolute atomic E-state index is 0.139. The quantitative estimate of drug-likeness (QED) is 0.728. The highest BCUT2D eigenvalue weighted by molar-refractivity contribution is 9.10. The molecule has 5 nitrogen and oxygen atoms in total. The fourth-order valence-electron chi connectivity index (χ4n) is 3.86. The van der Waals surface area contributed by atoms with Gasteiger partial charge >= 0.3 is 0 Å². The van der Waals surface area contributed by atoms with Gasteiger partial charge in [0.05, 0.1) is 10.8 Å². The maximum atomic E-state index is 13.3. The van der Waals surface area contributed by atoms with Crippen LogP contribution < -0.4 is 5.32 Å².